The van der Waals surface area contributed by atoms with E-state index in [9.17, 15) is 4.79 Å². The monoisotopic (exact) mass is 132 g/mol. The van der Waals surface area contributed by atoms with Gasteiger partial charge in [-0.1, -0.05) is 5.17 Å². The number of rotatable bonds is 2. The van der Waals surface area contributed by atoms with E-state index in [-0.39, 0.29) is 5.54 Å². The van der Waals surface area contributed by atoms with Gasteiger partial charge in [-0.2, -0.15) is 0 Å². The van der Waals surface area contributed by atoms with Crippen molar-refractivity contribution < 1.29 is 9.63 Å². The third kappa shape index (κ3) is 3.05. The van der Waals surface area contributed by atoms with Crippen molar-refractivity contribution in [2.45, 2.75) is 26.3 Å². The lowest BCUT2D eigenvalue weighted by atomic mass is 10.1. The second kappa shape index (κ2) is 2.80. The van der Waals surface area contributed by atoms with Crippen LogP contribution in [0.1, 0.15) is 20.8 Å². The Morgan fingerprint density at radius 3 is 2.11 bits per heavy atom. The van der Waals surface area contributed by atoms with Gasteiger partial charge in [-0.3, -0.25) is 4.79 Å². The average Bonchev–Trinajstić information content (AvgIpc) is 1.64. The number of nitrogens with two attached hydrogens (primary N) is 1. The van der Waals surface area contributed by atoms with Gasteiger partial charge in [-0.15, -0.1) is 0 Å². The van der Waals surface area contributed by atoms with Crippen LogP contribution in [0.15, 0.2) is 0 Å². The third-order valence-electron chi connectivity index (χ3n) is 0.818. The van der Waals surface area contributed by atoms with Gasteiger partial charge in [0.2, 0.25) is 0 Å². The van der Waals surface area contributed by atoms with Gasteiger partial charge in [0.05, 0.1) is 5.54 Å². The molecule has 0 aliphatic carbocycles. The standard InChI is InChI=1S/C5H12N2O2/c1-5(2,3)7(6)9-4-8/h4H,6H2,1-3H3. The number of carbonyl (C=O) groups excluding carboxylic acids is 1. The topological polar surface area (TPSA) is 55.6 Å². The minimum Gasteiger partial charge on any atom is -0.356 e. The molecule has 0 bridgehead atoms. The minimum absolute atomic E-state index is 0.297. The smallest absolute Gasteiger partial charge is 0.314 e. The Bertz CT molecular complexity index is 97.6. The van der Waals surface area contributed by atoms with E-state index in [4.69, 9.17) is 5.84 Å². The number of hydrogen-bond donors (Lipinski definition) is 1. The molecule has 0 saturated carbocycles. The summed E-state index contributed by atoms with van der Waals surface area (Å²) >= 11 is 0. The van der Waals surface area contributed by atoms with Crippen molar-refractivity contribution in [1.82, 2.24) is 5.17 Å². The Balaban J connectivity index is 3.72. The molecule has 0 spiro atoms. The zero-order chi connectivity index (χ0) is 7.49. The maximum Gasteiger partial charge on any atom is 0.314 e. The van der Waals surface area contributed by atoms with Crippen molar-refractivity contribution in [2.75, 3.05) is 0 Å². The molecule has 0 amide bonds. The molecule has 0 fully saturated rings. The van der Waals surface area contributed by atoms with Gasteiger partial charge in [0.25, 0.3) is 0 Å². The molecule has 0 radical (unpaired) electrons. The minimum atomic E-state index is -0.332. The first-order valence-corrected chi connectivity index (χ1v) is 2.64. The normalized spacial score (nSPS) is 11.7. The zero-order valence-corrected chi connectivity index (χ0v) is 5.92. The summed E-state index contributed by atoms with van der Waals surface area (Å²) in [7, 11) is 0. The molecular formula is C5H12N2O2. The second-order valence-corrected chi connectivity index (χ2v) is 2.70. The summed E-state index contributed by atoms with van der Waals surface area (Å²) in [4.78, 5) is 14.1. The molecule has 2 N–H and O–H groups in total. The van der Waals surface area contributed by atoms with Crippen LogP contribution >= 0.6 is 0 Å². The fourth-order valence-corrected chi connectivity index (χ4v) is 0.204. The lowest BCUT2D eigenvalue weighted by Crippen LogP contribution is -2.46. The van der Waals surface area contributed by atoms with Crippen molar-refractivity contribution in [3.63, 3.8) is 0 Å². The Kier molecular flexibility index (Phi) is 2.61. The van der Waals surface area contributed by atoms with Crippen molar-refractivity contribution in [1.29, 1.82) is 0 Å². The highest BCUT2D eigenvalue weighted by Gasteiger charge is 2.18. The van der Waals surface area contributed by atoms with E-state index in [0.717, 1.165) is 5.17 Å². The van der Waals surface area contributed by atoms with E-state index in [1.165, 1.54) is 0 Å². The molecule has 4 heteroatoms. The molecule has 0 aromatic carbocycles. The molecule has 0 atom stereocenters. The Morgan fingerprint density at radius 2 is 2.00 bits per heavy atom. The van der Waals surface area contributed by atoms with E-state index in [1.54, 1.807) is 0 Å². The SMILES string of the molecule is CC(C)(C)N(N)OC=O. The zero-order valence-electron chi connectivity index (χ0n) is 5.92. The van der Waals surface area contributed by atoms with E-state index in [0.29, 0.717) is 6.47 Å². The summed E-state index contributed by atoms with van der Waals surface area (Å²) in [6.07, 6.45) is 0. The number of nitrogens with zero attached hydrogens (tertiary/aromatic N) is 1. The van der Waals surface area contributed by atoms with E-state index < -0.39 is 0 Å². The van der Waals surface area contributed by atoms with Crippen LogP contribution in [0.2, 0.25) is 0 Å². The molecule has 54 valence electrons. The highest BCUT2D eigenvalue weighted by molar-refractivity contribution is 5.36. The summed E-state index contributed by atoms with van der Waals surface area (Å²) in [5, 5.41) is 1.00. The summed E-state index contributed by atoms with van der Waals surface area (Å²) in [5.74, 6) is 5.24. The quantitative estimate of drug-likeness (QED) is 0.327. The van der Waals surface area contributed by atoms with Gasteiger partial charge in [0, 0.05) is 0 Å². The number of carbonyl (C=O) groups is 1. The molecule has 0 rings (SSSR count). The largest absolute Gasteiger partial charge is 0.356 e. The van der Waals surface area contributed by atoms with Crippen molar-refractivity contribution in [2.24, 2.45) is 5.84 Å². The van der Waals surface area contributed by atoms with Gasteiger partial charge in [-0.25, -0.2) is 5.84 Å². The lowest BCUT2D eigenvalue weighted by Gasteiger charge is -2.26. The molecule has 9 heavy (non-hydrogen) atoms. The van der Waals surface area contributed by atoms with E-state index in [2.05, 4.69) is 4.84 Å². The second-order valence-electron chi connectivity index (χ2n) is 2.70. The number of hydroxylamine groups is 1. The Labute approximate surface area is 54.5 Å². The first kappa shape index (κ1) is 8.39. The van der Waals surface area contributed by atoms with Crippen LogP contribution in [-0.2, 0) is 9.63 Å². The molecule has 0 aliphatic heterocycles. The summed E-state index contributed by atoms with van der Waals surface area (Å²) in [6.45, 7) is 5.79. The van der Waals surface area contributed by atoms with Crippen LogP contribution in [0.3, 0.4) is 0 Å². The fourth-order valence-electron chi connectivity index (χ4n) is 0.204. The molecule has 0 unspecified atom stereocenters. The molecule has 0 aromatic heterocycles. The van der Waals surface area contributed by atoms with Gasteiger partial charge in [-0.05, 0) is 20.8 Å². The van der Waals surface area contributed by atoms with Crippen LogP contribution in [0, 0.1) is 0 Å². The molecule has 0 aliphatic rings. The first-order chi connectivity index (χ1) is 3.98. The fraction of sp³-hybridized carbons (Fsp3) is 0.800. The van der Waals surface area contributed by atoms with Gasteiger partial charge in [0.15, 0.2) is 0 Å². The van der Waals surface area contributed by atoms with Crippen LogP contribution in [0.4, 0.5) is 0 Å². The molecule has 0 heterocycles. The number of hydrogen-bond acceptors (Lipinski definition) is 4. The summed E-state index contributed by atoms with van der Waals surface area (Å²) in [5.41, 5.74) is -0.332. The highest BCUT2D eigenvalue weighted by atomic mass is 16.7. The number of hydrazine groups is 1. The van der Waals surface area contributed by atoms with Crippen molar-refractivity contribution in [3.05, 3.63) is 0 Å². The molecule has 0 aromatic rings. The first-order valence-electron chi connectivity index (χ1n) is 2.64. The molecular weight excluding hydrogens is 120 g/mol. The van der Waals surface area contributed by atoms with Crippen molar-refractivity contribution in [3.8, 4) is 0 Å². The average molecular weight is 132 g/mol. The van der Waals surface area contributed by atoms with Crippen LogP contribution in [0.25, 0.3) is 0 Å². The third-order valence-corrected chi connectivity index (χ3v) is 0.818. The maximum absolute atomic E-state index is 9.72. The van der Waals surface area contributed by atoms with Gasteiger partial charge in [0.1, 0.15) is 0 Å². The molecule has 0 saturated heterocycles. The lowest BCUT2D eigenvalue weighted by molar-refractivity contribution is -0.201. The van der Waals surface area contributed by atoms with Gasteiger partial charge < -0.3 is 4.84 Å². The predicted molar refractivity (Wildman–Crippen MR) is 32.9 cm³/mol. The van der Waals surface area contributed by atoms with Crippen LogP contribution < -0.4 is 5.84 Å². The Morgan fingerprint density at radius 1 is 1.56 bits per heavy atom. The van der Waals surface area contributed by atoms with Crippen LogP contribution in [0.5, 0.6) is 0 Å². The van der Waals surface area contributed by atoms with E-state index in [1.807, 2.05) is 20.8 Å². The highest BCUT2D eigenvalue weighted by Crippen LogP contribution is 2.06. The Hall–Kier alpha value is -0.610. The predicted octanol–water partition coefficient (Wildman–Crippen LogP) is 0.0486. The van der Waals surface area contributed by atoms with E-state index >= 15 is 0 Å². The summed E-state index contributed by atoms with van der Waals surface area (Å²) < 4.78 is 0. The van der Waals surface area contributed by atoms with Crippen LogP contribution in [-0.4, -0.2) is 17.2 Å². The van der Waals surface area contributed by atoms with Crippen molar-refractivity contribution >= 4 is 6.47 Å². The van der Waals surface area contributed by atoms with Gasteiger partial charge >= 0.3 is 6.47 Å². The molecule has 4 nitrogen and oxygen atoms in total. The maximum atomic E-state index is 9.72. The summed E-state index contributed by atoms with van der Waals surface area (Å²) in [6, 6.07) is 0.